The molecule has 7 nitrogen and oxygen atoms in total. The second-order valence-electron chi connectivity index (χ2n) is 3.69. The number of aromatic nitrogens is 3. The van der Waals surface area contributed by atoms with Gasteiger partial charge in [0.1, 0.15) is 6.26 Å². The molecule has 0 aliphatic heterocycles. The number of aromatic carboxylic acids is 1. The van der Waals surface area contributed by atoms with Crippen LogP contribution in [0.3, 0.4) is 0 Å². The number of hydrogen-bond donors (Lipinski definition) is 1. The van der Waals surface area contributed by atoms with Gasteiger partial charge in [0.25, 0.3) is 5.89 Å². The fraction of sp³-hybridized carbons (Fsp3) is 0. The van der Waals surface area contributed by atoms with E-state index in [0.717, 1.165) is 0 Å². The van der Waals surface area contributed by atoms with Gasteiger partial charge in [-0.15, -0.1) is 0 Å². The number of carbonyl (C=O) groups is 1. The van der Waals surface area contributed by atoms with E-state index in [9.17, 15) is 4.79 Å². The molecule has 0 spiro atoms. The molecule has 0 saturated heterocycles. The molecule has 7 heteroatoms. The molecule has 2 heterocycles. The first-order valence-corrected chi connectivity index (χ1v) is 5.32. The number of nitrogens with zero attached hydrogens (tertiary/aromatic N) is 3. The van der Waals surface area contributed by atoms with Crippen molar-refractivity contribution in [3.8, 4) is 23.0 Å². The van der Waals surface area contributed by atoms with E-state index in [1.54, 1.807) is 18.2 Å². The summed E-state index contributed by atoms with van der Waals surface area (Å²) in [6.45, 7) is 0. The van der Waals surface area contributed by atoms with Crippen molar-refractivity contribution in [2.75, 3.05) is 0 Å². The summed E-state index contributed by atoms with van der Waals surface area (Å²) in [5.74, 6) is -0.507. The Hall–Kier alpha value is -2.96. The van der Waals surface area contributed by atoms with Crippen LogP contribution < -0.4 is 0 Å². The fourth-order valence-corrected chi connectivity index (χ4v) is 1.56. The molecule has 94 valence electrons. The van der Waals surface area contributed by atoms with Gasteiger partial charge in [-0.3, -0.25) is 0 Å². The molecule has 19 heavy (non-hydrogen) atoms. The predicted molar refractivity (Wildman–Crippen MR) is 62.2 cm³/mol. The van der Waals surface area contributed by atoms with E-state index >= 15 is 0 Å². The van der Waals surface area contributed by atoms with E-state index in [4.69, 9.17) is 9.63 Å². The van der Waals surface area contributed by atoms with Crippen LogP contribution in [-0.4, -0.2) is 26.4 Å². The van der Waals surface area contributed by atoms with Crippen LogP contribution in [0.25, 0.3) is 23.0 Å². The summed E-state index contributed by atoms with van der Waals surface area (Å²) < 4.78 is 9.71. The van der Waals surface area contributed by atoms with Gasteiger partial charge in [-0.1, -0.05) is 22.4 Å². The topological polar surface area (TPSA) is 102 Å². The highest BCUT2D eigenvalue weighted by Gasteiger charge is 2.13. The first-order valence-electron chi connectivity index (χ1n) is 5.32. The molecule has 0 aliphatic carbocycles. The van der Waals surface area contributed by atoms with Gasteiger partial charge in [-0.05, 0) is 12.1 Å². The highest BCUT2D eigenvalue weighted by Crippen LogP contribution is 2.21. The van der Waals surface area contributed by atoms with Crippen molar-refractivity contribution in [3.63, 3.8) is 0 Å². The average molecular weight is 257 g/mol. The maximum atomic E-state index is 10.9. The summed E-state index contributed by atoms with van der Waals surface area (Å²) in [5.41, 5.74) is 1.14. The highest BCUT2D eigenvalue weighted by molar-refractivity contribution is 5.89. The molecule has 0 saturated carbocycles. The van der Waals surface area contributed by atoms with Crippen molar-refractivity contribution < 1.29 is 18.9 Å². The minimum atomic E-state index is -1.01. The van der Waals surface area contributed by atoms with Crippen LogP contribution in [0.4, 0.5) is 0 Å². The summed E-state index contributed by atoms with van der Waals surface area (Å²) in [6.07, 6.45) is 1.39. The van der Waals surface area contributed by atoms with Crippen molar-refractivity contribution in [3.05, 3.63) is 42.2 Å². The van der Waals surface area contributed by atoms with Gasteiger partial charge in [0, 0.05) is 11.6 Å². The van der Waals surface area contributed by atoms with Gasteiger partial charge < -0.3 is 14.2 Å². The SMILES string of the molecule is O=C(O)c1cccc(-c2noc(-c3ccon3)n2)c1. The molecule has 3 aromatic rings. The molecule has 0 fully saturated rings. The average Bonchev–Trinajstić information content (AvgIpc) is 3.09. The molecule has 3 rings (SSSR count). The van der Waals surface area contributed by atoms with Crippen LogP contribution >= 0.6 is 0 Å². The van der Waals surface area contributed by atoms with Crippen LogP contribution in [0.5, 0.6) is 0 Å². The lowest BCUT2D eigenvalue weighted by Crippen LogP contribution is -1.96. The summed E-state index contributed by atoms with van der Waals surface area (Å²) in [4.78, 5) is 15.0. The zero-order chi connectivity index (χ0) is 13.2. The molecule has 0 unspecified atom stereocenters. The van der Waals surface area contributed by atoms with Gasteiger partial charge in [0.05, 0.1) is 5.56 Å². The Labute approximate surface area is 106 Å². The number of hydrogen-bond acceptors (Lipinski definition) is 6. The van der Waals surface area contributed by atoms with E-state index in [1.807, 2.05) is 0 Å². The Morgan fingerprint density at radius 1 is 1.21 bits per heavy atom. The molecule has 2 aromatic heterocycles. The molecule has 1 N–H and O–H groups in total. The van der Waals surface area contributed by atoms with Crippen molar-refractivity contribution in [2.24, 2.45) is 0 Å². The van der Waals surface area contributed by atoms with E-state index in [2.05, 4.69) is 19.8 Å². The lowest BCUT2D eigenvalue weighted by Gasteiger charge is -1.96. The third-order valence-electron chi connectivity index (χ3n) is 2.45. The monoisotopic (exact) mass is 257 g/mol. The zero-order valence-electron chi connectivity index (χ0n) is 9.48. The number of carboxylic acids is 1. The number of carboxylic acid groups (broad SMARTS) is 1. The fourth-order valence-electron chi connectivity index (χ4n) is 1.56. The zero-order valence-corrected chi connectivity index (χ0v) is 9.48. The summed E-state index contributed by atoms with van der Waals surface area (Å²) in [5, 5.41) is 16.4. The number of benzene rings is 1. The van der Waals surface area contributed by atoms with Crippen LogP contribution in [-0.2, 0) is 0 Å². The van der Waals surface area contributed by atoms with Crippen molar-refractivity contribution in [1.29, 1.82) is 0 Å². The summed E-state index contributed by atoms with van der Waals surface area (Å²) in [7, 11) is 0. The maximum Gasteiger partial charge on any atom is 0.335 e. The Morgan fingerprint density at radius 2 is 2.11 bits per heavy atom. The third-order valence-corrected chi connectivity index (χ3v) is 2.45. The van der Waals surface area contributed by atoms with E-state index in [1.165, 1.54) is 18.4 Å². The smallest absolute Gasteiger partial charge is 0.335 e. The first kappa shape index (κ1) is 11.1. The molecule has 0 radical (unpaired) electrons. The Balaban J connectivity index is 1.99. The van der Waals surface area contributed by atoms with Gasteiger partial charge in [0.2, 0.25) is 5.82 Å². The van der Waals surface area contributed by atoms with Crippen molar-refractivity contribution in [1.82, 2.24) is 15.3 Å². The van der Waals surface area contributed by atoms with Crippen LogP contribution in [0.2, 0.25) is 0 Å². The molecule has 0 amide bonds. The highest BCUT2D eigenvalue weighted by atomic mass is 16.5. The number of rotatable bonds is 3. The van der Waals surface area contributed by atoms with Crippen LogP contribution in [0.15, 0.2) is 45.6 Å². The standard InChI is InChI=1S/C12H7N3O4/c16-12(17)8-3-1-2-7(6-8)10-13-11(19-15-10)9-4-5-18-14-9/h1-6H,(H,16,17). The second-order valence-corrected chi connectivity index (χ2v) is 3.69. The van der Waals surface area contributed by atoms with Gasteiger partial charge >= 0.3 is 5.97 Å². The van der Waals surface area contributed by atoms with Gasteiger partial charge in [0.15, 0.2) is 5.69 Å². The van der Waals surface area contributed by atoms with Crippen molar-refractivity contribution >= 4 is 5.97 Å². The van der Waals surface area contributed by atoms with Crippen LogP contribution in [0, 0.1) is 0 Å². The summed E-state index contributed by atoms with van der Waals surface area (Å²) >= 11 is 0. The minimum Gasteiger partial charge on any atom is -0.478 e. The van der Waals surface area contributed by atoms with E-state index in [-0.39, 0.29) is 11.5 Å². The molecular formula is C12H7N3O4. The Kier molecular flexibility index (Phi) is 2.57. The summed E-state index contributed by atoms with van der Waals surface area (Å²) in [6, 6.07) is 7.87. The predicted octanol–water partition coefficient (Wildman–Crippen LogP) is 2.09. The van der Waals surface area contributed by atoms with Crippen molar-refractivity contribution in [2.45, 2.75) is 0 Å². The first-order chi connectivity index (χ1) is 9.24. The molecule has 0 aliphatic rings. The molecule has 0 atom stereocenters. The largest absolute Gasteiger partial charge is 0.478 e. The van der Waals surface area contributed by atoms with Gasteiger partial charge in [-0.25, -0.2) is 4.79 Å². The normalized spacial score (nSPS) is 10.5. The molecular weight excluding hydrogens is 250 g/mol. The quantitative estimate of drug-likeness (QED) is 0.766. The Bertz CT molecular complexity index is 718. The third kappa shape index (κ3) is 2.08. The molecule has 0 bridgehead atoms. The van der Waals surface area contributed by atoms with E-state index in [0.29, 0.717) is 17.1 Å². The lowest BCUT2D eigenvalue weighted by molar-refractivity contribution is 0.0697. The lowest BCUT2D eigenvalue weighted by atomic mass is 10.1. The molecule has 1 aromatic carbocycles. The van der Waals surface area contributed by atoms with Crippen LogP contribution in [0.1, 0.15) is 10.4 Å². The van der Waals surface area contributed by atoms with E-state index < -0.39 is 5.97 Å². The Morgan fingerprint density at radius 3 is 2.84 bits per heavy atom. The minimum absolute atomic E-state index is 0.158. The van der Waals surface area contributed by atoms with Gasteiger partial charge in [-0.2, -0.15) is 4.98 Å². The maximum absolute atomic E-state index is 10.9. The second kappa shape index (κ2) is 4.37.